The third-order valence-electron chi connectivity index (χ3n) is 3.65. The first-order chi connectivity index (χ1) is 7.68. The first-order valence-electron chi connectivity index (χ1n) is 6.30. The molecule has 0 aromatic rings. The molecule has 2 saturated heterocycles. The summed E-state index contributed by atoms with van der Waals surface area (Å²) >= 11 is 0. The lowest BCUT2D eigenvalue weighted by Gasteiger charge is -2.40. The molecule has 0 saturated carbocycles. The van der Waals surface area contributed by atoms with Gasteiger partial charge in [0.25, 0.3) is 0 Å². The van der Waals surface area contributed by atoms with E-state index >= 15 is 0 Å². The number of carbonyl (C=O) groups excluding carboxylic acids is 1. The minimum absolute atomic E-state index is 0.139. The van der Waals surface area contributed by atoms with Crippen molar-refractivity contribution < 1.29 is 9.53 Å². The molecule has 2 aliphatic rings. The van der Waals surface area contributed by atoms with E-state index < -0.39 is 0 Å². The first kappa shape index (κ1) is 11.9. The SMILES string of the molecule is CC(C)N1C[C@H](C2CCNCC2)OCC1=O. The maximum Gasteiger partial charge on any atom is 0.248 e. The second-order valence-electron chi connectivity index (χ2n) is 5.08. The summed E-state index contributed by atoms with van der Waals surface area (Å²) in [6.45, 7) is 7.36. The van der Waals surface area contributed by atoms with Crippen LogP contribution in [0.1, 0.15) is 26.7 Å². The van der Waals surface area contributed by atoms with Crippen LogP contribution in [0.4, 0.5) is 0 Å². The fourth-order valence-electron chi connectivity index (χ4n) is 2.61. The van der Waals surface area contributed by atoms with Gasteiger partial charge in [-0.3, -0.25) is 4.79 Å². The molecule has 92 valence electrons. The molecule has 0 spiro atoms. The van der Waals surface area contributed by atoms with E-state index in [0.29, 0.717) is 12.0 Å². The quantitative estimate of drug-likeness (QED) is 0.750. The van der Waals surface area contributed by atoms with Crippen LogP contribution in [-0.4, -0.2) is 49.2 Å². The molecule has 2 rings (SSSR count). The highest BCUT2D eigenvalue weighted by Crippen LogP contribution is 2.23. The molecule has 2 fully saturated rings. The number of ether oxygens (including phenoxy) is 1. The van der Waals surface area contributed by atoms with Crippen LogP contribution < -0.4 is 5.32 Å². The normalized spacial score (nSPS) is 28.8. The molecule has 0 radical (unpaired) electrons. The minimum atomic E-state index is 0.139. The number of hydrogen-bond donors (Lipinski definition) is 1. The lowest BCUT2D eigenvalue weighted by molar-refractivity contribution is -0.155. The number of nitrogens with zero attached hydrogens (tertiary/aromatic N) is 1. The summed E-state index contributed by atoms with van der Waals surface area (Å²) in [7, 11) is 0. The van der Waals surface area contributed by atoms with Crippen molar-refractivity contribution in [2.24, 2.45) is 5.92 Å². The molecule has 1 atom stereocenters. The largest absolute Gasteiger partial charge is 0.366 e. The molecular weight excluding hydrogens is 204 g/mol. The summed E-state index contributed by atoms with van der Waals surface area (Å²) in [6.07, 6.45) is 2.59. The first-order valence-corrected chi connectivity index (χ1v) is 6.30. The molecular formula is C12H22N2O2. The van der Waals surface area contributed by atoms with Crippen molar-refractivity contribution >= 4 is 5.91 Å². The van der Waals surface area contributed by atoms with Crippen molar-refractivity contribution in [2.45, 2.75) is 38.8 Å². The van der Waals surface area contributed by atoms with Gasteiger partial charge in [0, 0.05) is 12.6 Å². The lowest BCUT2D eigenvalue weighted by atomic mass is 9.91. The van der Waals surface area contributed by atoms with Gasteiger partial charge < -0.3 is 15.0 Å². The fourth-order valence-corrected chi connectivity index (χ4v) is 2.61. The van der Waals surface area contributed by atoms with Gasteiger partial charge in [0.2, 0.25) is 5.91 Å². The Morgan fingerprint density at radius 3 is 2.69 bits per heavy atom. The van der Waals surface area contributed by atoms with E-state index in [9.17, 15) is 4.79 Å². The van der Waals surface area contributed by atoms with Gasteiger partial charge in [0.1, 0.15) is 6.61 Å². The van der Waals surface area contributed by atoms with E-state index in [0.717, 1.165) is 19.6 Å². The van der Waals surface area contributed by atoms with Crippen molar-refractivity contribution in [3.8, 4) is 0 Å². The summed E-state index contributed by atoms with van der Waals surface area (Å²) < 4.78 is 5.69. The highest BCUT2D eigenvalue weighted by Gasteiger charge is 2.33. The van der Waals surface area contributed by atoms with Crippen LogP contribution >= 0.6 is 0 Å². The highest BCUT2D eigenvalue weighted by atomic mass is 16.5. The van der Waals surface area contributed by atoms with Gasteiger partial charge in [-0.1, -0.05) is 0 Å². The molecule has 2 heterocycles. The molecule has 4 nitrogen and oxygen atoms in total. The Labute approximate surface area is 97.3 Å². The Kier molecular flexibility index (Phi) is 3.82. The third-order valence-corrected chi connectivity index (χ3v) is 3.65. The van der Waals surface area contributed by atoms with Gasteiger partial charge >= 0.3 is 0 Å². The van der Waals surface area contributed by atoms with E-state index in [-0.39, 0.29) is 18.6 Å². The maximum absolute atomic E-state index is 11.7. The van der Waals surface area contributed by atoms with E-state index in [1.165, 1.54) is 12.8 Å². The molecule has 0 bridgehead atoms. The Bertz CT molecular complexity index is 249. The lowest BCUT2D eigenvalue weighted by Crippen LogP contribution is -2.53. The van der Waals surface area contributed by atoms with Crippen LogP contribution in [0.5, 0.6) is 0 Å². The summed E-state index contributed by atoms with van der Waals surface area (Å²) in [5, 5.41) is 3.36. The average molecular weight is 226 g/mol. The topological polar surface area (TPSA) is 41.6 Å². The highest BCUT2D eigenvalue weighted by molar-refractivity contribution is 5.78. The zero-order valence-electron chi connectivity index (χ0n) is 10.2. The van der Waals surface area contributed by atoms with Crippen LogP contribution in [-0.2, 0) is 9.53 Å². The predicted molar refractivity (Wildman–Crippen MR) is 62.2 cm³/mol. The third kappa shape index (κ3) is 2.55. The molecule has 1 N–H and O–H groups in total. The molecule has 2 aliphatic heterocycles. The molecule has 1 amide bonds. The zero-order chi connectivity index (χ0) is 11.5. The van der Waals surface area contributed by atoms with E-state index in [1.54, 1.807) is 0 Å². The smallest absolute Gasteiger partial charge is 0.248 e. The molecule has 16 heavy (non-hydrogen) atoms. The average Bonchev–Trinajstić information content (AvgIpc) is 2.30. The van der Waals surface area contributed by atoms with Crippen molar-refractivity contribution in [3.05, 3.63) is 0 Å². The number of morpholine rings is 1. The Morgan fingerprint density at radius 1 is 1.38 bits per heavy atom. The summed E-state index contributed by atoms with van der Waals surface area (Å²) in [5.74, 6) is 0.760. The summed E-state index contributed by atoms with van der Waals surface area (Å²) in [6, 6.07) is 0.292. The van der Waals surface area contributed by atoms with Gasteiger partial charge in [-0.05, 0) is 45.7 Å². The van der Waals surface area contributed by atoms with Crippen molar-refractivity contribution in [1.82, 2.24) is 10.2 Å². The minimum Gasteiger partial charge on any atom is -0.366 e. The summed E-state index contributed by atoms with van der Waals surface area (Å²) in [4.78, 5) is 13.6. The van der Waals surface area contributed by atoms with Crippen LogP contribution in [0, 0.1) is 5.92 Å². The Hall–Kier alpha value is -0.610. The monoisotopic (exact) mass is 226 g/mol. The van der Waals surface area contributed by atoms with Crippen LogP contribution in [0.15, 0.2) is 0 Å². The standard InChI is InChI=1S/C12H22N2O2/c1-9(2)14-7-11(16-8-12(14)15)10-3-5-13-6-4-10/h9-11,13H,3-8H2,1-2H3/t11-/m1/s1. The second-order valence-corrected chi connectivity index (χ2v) is 5.08. The van der Waals surface area contributed by atoms with Gasteiger partial charge in [0.15, 0.2) is 0 Å². The molecule has 0 aromatic carbocycles. The molecule has 0 aliphatic carbocycles. The van der Waals surface area contributed by atoms with Gasteiger partial charge in [-0.15, -0.1) is 0 Å². The van der Waals surface area contributed by atoms with Crippen LogP contribution in [0.3, 0.4) is 0 Å². The Balaban J connectivity index is 1.93. The van der Waals surface area contributed by atoms with E-state index in [4.69, 9.17) is 4.74 Å². The van der Waals surface area contributed by atoms with Crippen molar-refractivity contribution in [1.29, 1.82) is 0 Å². The van der Waals surface area contributed by atoms with Gasteiger partial charge in [-0.2, -0.15) is 0 Å². The van der Waals surface area contributed by atoms with Crippen LogP contribution in [0.2, 0.25) is 0 Å². The second kappa shape index (κ2) is 5.15. The fraction of sp³-hybridized carbons (Fsp3) is 0.917. The van der Waals surface area contributed by atoms with Crippen molar-refractivity contribution in [3.63, 3.8) is 0 Å². The van der Waals surface area contributed by atoms with Crippen LogP contribution in [0.25, 0.3) is 0 Å². The van der Waals surface area contributed by atoms with Gasteiger partial charge in [-0.25, -0.2) is 0 Å². The molecule has 0 unspecified atom stereocenters. The predicted octanol–water partition coefficient (Wildman–Crippen LogP) is 0.622. The number of carbonyl (C=O) groups is 1. The number of hydrogen-bond acceptors (Lipinski definition) is 3. The zero-order valence-corrected chi connectivity index (χ0v) is 10.2. The number of nitrogens with one attached hydrogen (secondary N) is 1. The Morgan fingerprint density at radius 2 is 2.06 bits per heavy atom. The van der Waals surface area contributed by atoms with E-state index in [2.05, 4.69) is 19.2 Å². The molecule has 0 aromatic heterocycles. The maximum atomic E-state index is 11.7. The molecule has 4 heteroatoms. The summed E-state index contributed by atoms with van der Waals surface area (Å²) in [5.41, 5.74) is 0. The number of amides is 1. The number of piperidine rings is 1. The number of rotatable bonds is 2. The van der Waals surface area contributed by atoms with Crippen molar-refractivity contribution in [2.75, 3.05) is 26.2 Å². The van der Waals surface area contributed by atoms with E-state index in [1.807, 2.05) is 4.90 Å². The van der Waals surface area contributed by atoms with Gasteiger partial charge in [0.05, 0.1) is 6.10 Å².